The van der Waals surface area contributed by atoms with Gasteiger partial charge in [0.25, 0.3) is 0 Å². The van der Waals surface area contributed by atoms with Crippen LogP contribution in [0.2, 0.25) is 5.02 Å². The topological polar surface area (TPSA) is 34.1 Å². The maximum Gasteiger partial charge on any atom is 0.156 e. The Kier molecular flexibility index (Phi) is 6.34. The molecule has 0 saturated heterocycles. The van der Waals surface area contributed by atoms with Crippen LogP contribution in [-0.4, -0.2) is 11.6 Å². The molecule has 1 aromatic carbocycles. The Morgan fingerprint density at radius 1 is 1.19 bits per heavy atom. The van der Waals surface area contributed by atoms with Gasteiger partial charge in [0.15, 0.2) is 5.75 Å². The number of nitrogens with zero attached hydrogens (tertiary/aromatic N) is 1. The molecule has 0 aliphatic heterocycles. The van der Waals surface area contributed by atoms with Gasteiger partial charge < -0.3 is 10.1 Å². The van der Waals surface area contributed by atoms with Crippen molar-refractivity contribution in [2.75, 3.05) is 11.9 Å². The third kappa shape index (κ3) is 4.58. The summed E-state index contributed by atoms with van der Waals surface area (Å²) in [5.41, 5.74) is 1.73. The molecular weight excluding hydrogens is 487 g/mol. The third-order valence-electron chi connectivity index (χ3n) is 2.63. The van der Waals surface area contributed by atoms with Crippen molar-refractivity contribution in [3.8, 4) is 5.75 Å². The molecule has 21 heavy (non-hydrogen) atoms. The van der Waals surface area contributed by atoms with E-state index in [1.54, 1.807) is 6.20 Å². The number of aromatic nitrogens is 1. The zero-order valence-electron chi connectivity index (χ0n) is 11.1. The fraction of sp³-hybridized carbons (Fsp3) is 0.214. The van der Waals surface area contributed by atoms with Crippen LogP contribution in [0.5, 0.6) is 5.75 Å². The number of ether oxygens (including phenoxy) is 1. The summed E-state index contributed by atoms with van der Waals surface area (Å²) < 4.78 is 8.34. The number of halogens is 4. The van der Waals surface area contributed by atoms with Gasteiger partial charge in [-0.05, 0) is 72.9 Å². The lowest BCUT2D eigenvalue weighted by molar-refractivity contribution is 0.339. The van der Waals surface area contributed by atoms with E-state index in [0.29, 0.717) is 18.2 Å². The molecule has 2 aromatic rings. The number of benzene rings is 1. The molecule has 1 aromatic heterocycles. The van der Waals surface area contributed by atoms with Gasteiger partial charge in [0, 0.05) is 20.2 Å². The highest BCUT2D eigenvalue weighted by molar-refractivity contribution is 9.11. The lowest BCUT2D eigenvalue weighted by Crippen LogP contribution is -2.05. The Labute approximate surface area is 153 Å². The van der Waals surface area contributed by atoms with Crippen molar-refractivity contribution in [3.05, 3.63) is 48.5 Å². The van der Waals surface area contributed by atoms with E-state index in [2.05, 4.69) is 58.1 Å². The number of anilines is 1. The summed E-state index contributed by atoms with van der Waals surface area (Å²) in [6, 6.07) is 5.61. The maximum atomic E-state index is 6.10. The molecule has 1 heterocycles. The molecule has 7 heteroatoms. The van der Waals surface area contributed by atoms with Crippen molar-refractivity contribution < 1.29 is 4.74 Å². The van der Waals surface area contributed by atoms with Crippen LogP contribution in [0.25, 0.3) is 0 Å². The summed E-state index contributed by atoms with van der Waals surface area (Å²) in [6.07, 6.45) is 1.76. The fourth-order valence-corrected chi connectivity index (χ4v) is 3.79. The number of rotatable bonds is 5. The molecule has 0 saturated carbocycles. The SMILES string of the molecule is CCOc1c(Br)cc(Cl)cc1NCc1ncc(Br)cc1Br. The van der Waals surface area contributed by atoms with Crippen molar-refractivity contribution in [2.45, 2.75) is 13.5 Å². The van der Waals surface area contributed by atoms with Crippen molar-refractivity contribution in [1.82, 2.24) is 4.98 Å². The predicted molar refractivity (Wildman–Crippen MR) is 97.3 cm³/mol. The third-order valence-corrected chi connectivity index (χ3v) is 4.55. The molecule has 0 radical (unpaired) electrons. The summed E-state index contributed by atoms with van der Waals surface area (Å²) in [5, 5.41) is 3.94. The second-order valence-electron chi connectivity index (χ2n) is 4.13. The second kappa shape index (κ2) is 7.81. The van der Waals surface area contributed by atoms with Crippen LogP contribution in [0.1, 0.15) is 12.6 Å². The highest BCUT2D eigenvalue weighted by Gasteiger charge is 2.11. The smallest absolute Gasteiger partial charge is 0.156 e. The van der Waals surface area contributed by atoms with Crippen LogP contribution in [0.15, 0.2) is 37.8 Å². The molecule has 0 aliphatic rings. The van der Waals surface area contributed by atoms with E-state index in [9.17, 15) is 0 Å². The van der Waals surface area contributed by atoms with Gasteiger partial charge in [0.05, 0.1) is 29.0 Å². The normalized spacial score (nSPS) is 10.5. The molecular formula is C14H12Br3ClN2O. The number of nitrogens with one attached hydrogen (secondary N) is 1. The first-order chi connectivity index (χ1) is 10.0. The van der Waals surface area contributed by atoms with Crippen molar-refractivity contribution in [2.24, 2.45) is 0 Å². The summed E-state index contributed by atoms with van der Waals surface area (Å²) >= 11 is 16.5. The zero-order valence-corrected chi connectivity index (χ0v) is 16.6. The molecule has 2 rings (SSSR count). The average molecular weight is 499 g/mol. The molecule has 0 unspecified atom stereocenters. The molecule has 3 nitrogen and oxygen atoms in total. The number of hydrogen-bond donors (Lipinski definition) is 1. The van der Waals surface area contributed by atoms with Crippen LogP contribution in [0.4, 0.5) is 5.69 Å². The molecule has 0 fully saturated rings. The fourth-order valence-electron chi connectivity index (χ4n) is 1.73. The monoisotopic (exact) mass is 496 g/mol. The maximum absolute atomic E-state index is 6.10. The molecule has 0 atom stereocenters. The van der Waals surface area contributed by atoms with Crippen LogP contribution < -0.4 is 10.1 Å². The summed E-state index contributed by atoms with van der Waals surface area (Å²) in [7, 11) is 0. The van der Waals surface area contributed by atoms with E-state index < -0.39 is 0 Å². The van der Waals surface area contributed by atoms with Gasteiger partial charge in [-0.25, -0.2) is 0 Å². The minimum atomic E-state index is 0.556. The highest BCUT2D eigenvalue weighted by atomic mass is 79.9. The van der Waals surface area contributed by atoms with Crippen molar-refractivity contribution in [3.63, 3.8) is 0 Å². The van der Waals surface area contributed by atoms with Gasteiger partial charge in [0.2, 0.25) is 0 Å². The second-order valence-corrected chi connectivity index (χ2v) is 7.19. The molecule has 0 aliphatic carbocycles. The number of pyridine rings is 1. The minimum Gasteiger partial charge on any atom is -0.491 e. The quantitative estimate of drug-likeness (QED) is 0.546. The molecule has 112 valence electrons. The average Bonchev–Trinajstić information content (AvgIpc) is 2.41. The predicted octanol–water partition coefficient (Wildman–Crippen LogP) is 6.03. The van der Waals surface area contributed by atoms with Gasteiger partial charge in [0.1, 0.15) is 0 Å². The lowest BCUT2D eigenvalue weighted by atomic mass is 10.2. The van der Waals surface area contributed by atoms with Crippen LogP contribution in [0.3, 0.4) is 0 Å². The van der Waals surface area contributed by atoms with Crippen molar-refractivity contribution in [1.29, 1.82) is 0 Å². The van der Waals surface area contributed by atoms with E-state index in [4.69, 9.17) is 16.3 Å². The largest absolute Gasteiger partial charge is 0.491 e. The Morgan fingerprint density at radius 3 is 2.62 bits per heavy atom. The van der Waals surface area contributed by atoms with Gasteiger partial charge in [-0.15, -0.1) is 0 Å². The lowest BCUT2D eigenvalue weighted by Gasteiger charge is -2.15. The van der Waals surface area contributed by atoms with Gasteiger partial charge in [-0.1, -0.05) is 11.6 Å². The highest BCUT2D eigenvalue weighted by Crippen LogP contribution is 2.37. The first-order valence-corrected chi connectivity index (χ1v) is 8.92. The summed E-state index contributed by atoms with van der Waals surface area (Å²) in [6.45, 7) is 3.08. The van der Waals surface area contributed by atoms with Crippen LogP contribution in [0, 0.1) is 0 Å². The number of hydrogen-bond acceptors (Lipinski definition) is 3. The van der Waals surface area contributed by atoms with E-state index in [-0.39, 0.29) is 0 Å². The molecule has 0 bridgehead atoms. The van der Waals surface area contributed by atoms with E-state index >= 15 is 0 Å². The Morgan fingerprint density at radius 2 is 1.95 bits per heavy atom. The Bertz CT molecular complexity index is 652. The van der Waals surface area contributed by atoms with Gasteiger partial charge >= 0.3 is 0 Å². The van der Waals surface area contributed by atoms with Gasteiger partial charge in [-0.2, -0.15) is 0 Å². The van der Waals surface area contributed by atoms with E-state index in [1.807, 2.05) is 25.1 Å². The van der Waals surface area contributed by atoms with Crippen LogP contribution in [-0.2, 0) is 6.54 Å². The van der Waals surface area contributed by atoms with E-state index in [0.717, 1.165) is 30.5 Å². The standard InChI is InChI=1S/C14H12Br3ClN2O/c1-2-21-14-11(17)4-9(18)5-12(14)20-7-13-10(16)3-8(15)6-19-13/h3-6,20H,2,7H2,1H3. The zero-order chi connectivity index (χ0) is 15.4. The molecule has 0 amide bonds. The summed E-state index contributed by atoms with van der Waals surface area (Å²) in [4.78, 5) is 4.37. The van der Waals surface area contributed by atoms with Crippen LogP contribution >= 0.6 is 59.4 Å². The summed E-state index contributed by atoms with van der Waals surface area (Å²) in [5.74, 6) is 0.745. The molecule has 0 spiro atoms. The first-order valence-electron chi connectivity index (χ1n) is 6.17. The van der Waals surface area contributed by atoms with E-state index in [1.165, 1.54) is 0 Å². The molecule has 1 N–H and O–H groups in total. The first kappa shape index (κ1) is 17.1. The Hall–Kier alpha value is -0.300. The van der Waals surface area contributed by atoms with Gasteiger partial charge in [-0.3, -0.25) is 4.98 Å². The Balaban J connectivity index is 2.22. The minimum absolute atomic E-state index is 0.556. The van der Waals surface area contributed by atoms with Crippen molar-refractivity contribution >= 4 is 65.1 Å².